The fraction of sp³-hybridized carbons (Fsp3) is 0.167. The number of ether oxygens (including phenoxy) is 1. The smallest absolute Gasteiger partial charge is 0.335 e. The number of barbiturate groups is 1. The molecular formula is C42H33BrFN3O4. The van der Waals surface area contributed by atoms with Gasteiger partial charge in [-0.1, -0.05) is 78.9 Å². The second-order valence-electron chi connectivity index (χ2n) is 13.0. The van der Waals surface area contributed by atoms with Gasteiger partial charge in [0.15, 0.2) is 0 Å². The van der Waals surface area contributed by atoms with Gasteiger partial charge in [0.1, 0.15) is 23.7 Å². The van der Waals surface area contributed by atoms with Crippen molar-refractivity contribution < 1.29 is 23.5 Å². The molecule has 1 fully saturated rings. The van der Waals surface area contributed by atoms with Crippen molar-refractivity contribution in [3.63, 3.8) is 0 Å². The van der Waals surface area contributed by atoms with Crippen molar-refractivity contribution in [2.75, 3.05) is 22.9 Å². The molecule has 5 aromatic carbocycles. The lowest BCUT2D eigenvalue weighted by molar-refractivity contribution is -0.122. The molecule has 8 rings (SSSR count). The summed E-state index contributed by atoms with van der Waals surface area (Å²) < 4.78 is 19.8. The molecule has 0 bridgehead atoms. The summed E-state index contributed by atoms with van der Waals surface area (Å²) in [6.07, 6.45) is 3.28. The fourth-order valence-corrected chi connectivity index (χ4v) is 8.00. The van der Waals surface area contributed by atoms with Crippen molar-refractivity contribution in [1.29, 1.82) is 0 Å². The molecule has 4 amide bonds. The van der Waals surface area contributed by atoms with Crippen LogP contribution in [-0.2, 0) is 16.2 Å². The summed E-state index contributed by atoms with van der Waals surface area (Å²) >= 11 is 3.53. The summed E-state index contributed by atoms with van der Waals surface area (Å²) in [6.45, 7) is 2.06. The lowest BCUT2D eigenvalue weighted by Gasteiger charge is -2.44. The zero-order chi connectivity index (χ0) is 35.1. The zero-order valence-corrected chi connectivity index (χ0v) is 29.1. The lowest BCUT2D eigenvalue weighted by atomic mass is 9.76. The number of rotatable bonds is 7. The minimum absolute atomic E-state index is 0.0754. The van der Waals surface area contributed by atoms with Crippen LogP contribution in [-0.4, -0.2) is 30.9 Å². The summed E-state index contributed by atoms with van der Waals surface area (Å²) in [5.41, 5.74) is 7.31. The van der Waals surface area contributed by atoms with E-state index in [1.807, 2.05) is 48.5 Å². The quantitative estimate of drug-likeness (QED) is 0.133. The fourth-order valence-electron chi connectivity index (χ4n) is 7.49. The van der Waals surface area contributed by atoms with E-state index in [0.717, 1.165) is 47.5 Å². The molecule has 0 aromatic heterocycles. The molecule has 9 heteroatoms. The number of nitrogens with zero attached hydrogens (tertiary/aromatic N) is 2. The number of hydrogen-bond acceptors (Lipinski definition) is 5. The number of halogens is 2. The van der Waals surface area contributed by atoms with Gasteiger partial charge in [0.05, 0.1) is 10.2 Å². The molecule has 1 saturated heterocycles. The van der Waals surface area contributed by atoms with Gasteiger partial charge >= 0.3 is 6.03 Å². The van der Waals surface area contributed by atoms with E-state index in [4.69, 9.17) is 4.74 Å². The molecule has 7 nitrogen and oxygen atoms in total. The normalized spacial score (nSPS) is 19.2. The molecule has 3 heterocycles. The van der Waals surface area contributed by atoms with Gasteiger partial charge in [0.25, 0.3) is 11.8 Å². The standard InChI is InChI=1S/C42H33BrFN3O4/c43-37-22-27(13-16-38(37)51-25-26-11-14-30(44)15-12-26)21-36-40(48)45-42(50)47(41(36)49)31-23-34-32(28-7-3-1-4-8-28)17-19-46-20-18-33(35(24-31)39(34)46)29-9-5-2-6-10-29/h1-16,21-24,32-33H,17-20,25H2,(H,45,48,50)/b36-21+/t32-,33-/m1/s1. The first-order valence-corrected chi connectivity index (χ1v) is 17.7. The summed E-state index contributed by atoms with van der Waals surface area (Å²) in [5.74, 6) is -1.09. The zero-order valence-electron chi connectivity index (χ0n) is 27.5. The Morgan fingerprint density at radius 3 is 1.98 bits per heavy atom. The molecule has 0 aliphatic carbocycles. The van der Waals surface area contributed by atoms with E-state index >= 15 is 0 Å². The topological polar surface area (TPSA) is 79.0 Å². The van der Waals surface area contributed by atoms with Crippen LogP contribution in [0.4, 0.5) is 20.6 Å². The van der Waals surface area contributed by atoms with Gasteiger partial charge in [-0.2, -0.15) is 0 Å². The first kappa shape index (κ1) is 32.7. The van der Waals surface area contributed by atoms with Crippen LogP contribution >= 0.6 is 15.9 Å². The third-order valence-electron chi connectivity index (χ3n) is 9.93. The SMILES string of the molecule is O=C1NC(=O)N(c2cc3c4c(c2)[C@@H](c2ccccc2)CCN4CC[C@@H]3c2ccccc2)C(=O)/C1=C/c1ccc(OCc2ccc(F)cc2)c(Br)c1. The number of carbonyl (C=O) groups excluding carboxylic acids is 3. The third-order valence-corrected chi connectivity index (χ3v) is 10.6. The highest BCUT2D eigenvalue weighted by Gasteiger charge is 2.40. The number of amides is 4. The number of urea groups is 1. The van der Waals surface area contributed by atoms with Crippen molar-refractivity contribution >= 4 is 51.2 Å². The van der Waals surface area contributed by atoms with Gasteiger partial charge in [-0.3, -0.25) is 14.9 Å². The lowest BCUT2D eigenvalue weighted by Crippen LogP contribution is -2.54. The average molecular weight is 743 g/mol. The predicted octanol–water partition coefficient (Wildman–Crippen LogP) is 8.71. The number of benzene rings is 5. The number of imide groups is 2. The van der Waals surface area contributed by atoms with Gasteiger partial charge in [0.2, 0.25) is 0 Å². The Bertz CT molecular complexity index is 2120. The van der Waals surface area contributed by atoms with Crippen LogP contribution in [0.15, 0.2) is 125 Å². The van der Waals surface area contributed by atoms with E-state index in [1.165, 1.54) is 35.0 Å². The van der Waals surface area contributed by atoms with Crippen LogP contribution in [0.3, 0.4) is 0 Å². The number of carbonyl (C=O) groups is 3. The maximum Gasteiger partial charge on any atom is 0.335 e. The summed E-state index contributed by atoms with van der Waals surface area (Å²) in [6, 6.07) is 35.1. The minimum atomic E-state index is -0.781. The Morgan fingerprint density at radius 1 is 0.784 bits per heavy atom. The van der Waals surface area contributed by atoms with Gasteiger partial charge in [-0.25, -0.2) is 14.1 Å². The Morgan fingerprint density at radius 2 is 1.39 bits per heavy atom. The summed E-state index contributed by atoms with van der Waals surface area (Å²) in [5, 5.41) is 2.41. The minimum Gasteiger partial charge on any atom is -0.488 e. The van der Waals surface area contributed by atoms with Crippen LogP contribution in [0.5, 0.6) is 5.75 Å². The molecule has 0 unspecified atom stereocenters. The number of anilines is 2. The molecule has 3 aliphatic heterocycles. The van der Waals surface area contributed by atoms with Gasteiger partial charge < -0.3 is 9.64 Å². The van der Waals surface area contributed by atoms with Gasteiger partial charge in [-0.05, 0) is 105 Å². The monoisotopic (exact) mass is 741 g/mol. The number of nitrogens with one attached hydrogen (secondary N) is 1. The summed E-state index contributed by atoms with van der Waals surface area (Å²) in [7, 11) is 0. The van der Waals surface area contributed by atoms with E-state index in [9.17, 15) is 18.8 Å². The predicted molar refractivity (Wildman–Crippen MR) is 198 cm³/mol. The van der Waals surface area contributed by atoms with Crippen molar-refractivity contribution in [2.24, 2.45) is 0 Å². The maximum atomic E-state index is 14.2. The maximum absolute atomic E-state index is 14.2. The van der Waals surface area contributed by atoms with Crippen molar-refractivity contribution in [1.82, 2.24) is 5.32 Å². The van der Waals surface area contributed by atoms with E-state index in [1.54, 1.807) is 30.3 Å². The second kappa shape index (κ2) is 13.6. The Labute approximate surface area is 303 Å². The van der Waals surface area contributed by atoms with Gasteiger partial charge in [0, 0.05) is 30.6 Å². The van der Waals surface area contributed by atoms with Gasteiger partial charge in [-0.15, -0.1) is 0 Å². The van der Waals surface area contributed by atoms with Crippen LogP contribution in [0.2, 0.25) is 0 Å². The molecule has 254 valence electrons. The molecule has 0 saturated carbocycles. The van der Waals surface area contributed by atoms with E-state index in [2.05, 4.69) is 50.4 Å². The Kier molecular flexibility index (Phi) is 8.73. The third kappa shape index (κ3) is 6.34. The molecule has 3 aliphatic rings. The van der Waals surface area contributed by atoms with Crippen LogP contribution in [0.1, 0.15) is 58.1 Å². The molecule has 2 atom stereocenters. The number of hydrogen-bond donors (Lipinski definition) is 1. The largest absolute Gasteiger partial charge is 0.488 e. The Hall–Kier alpha value is -5.54. The molecular weight excluding hydrogens is 709 g/mol. The molecule has 0 spiro atoms. The van der Waals surface area contributed by atoms with Crippen LogP contribution in [0, 0.1) is 5.82 Å². The molecule has 1 N–H and O–H groups in total. The first-order valence-electron chi connectivity index (χ1n) is 16.9. The van der Waals surface area contributed by atoms with Crippen molar-refractivity contribution in [3.8, 4) is 5.75 Å². The van der Waals surface area contributed by atoms with Crippen molar-refractivity contribution in [2.45, 2.75) is 31.3 Å². The van der Waals surface area contributed by atoms with Crippen molar-refractivity contribution in [3.05, 3.63) is 165 Å². The highest BCUT2D eigenvalue weighted by Crippen LogP contribution is 2.50. The summed E-state index contributed by atoms with van der Waals surface area (Å²) in [4.78, 5) is 44.5. The molecule has 0 radical (unpaired) electrons. The van der Waals surface area contributed by atoms with E-state index in [-0.39, 0.29) is 29.8 Å². The highest BCUT2D eigenvalue weighted by molar-refractivity contribution is 9.10. The first-order chi connectivity index (χ1) is 24.8. The molecule has 51 heavy (non-hydrogen) atoms. The second-order valence-corrected chi connectivity index (χ2v) is 13.9. The molecule has 5 aromatic rings. The van der Waals surface area contributed by atoms with Crippen LogP contribution in [0.25, 0.3) is 6.08 Å². The van der Waals surface area contributed by atoms with E-state index < -0.39 is 17.8 Å². The highest BCUT2D eigenvalue weighted by atomic mass is 79.9. The van der Waals surface area contributed by atoms with E-state index in [0.29, 0.717) is 21.5 Å². The Balaban J connectivity index is 1.16. The average Bonchev–Trinajstić information content (AvgIpc) is 3.14. The van der Waals surface area contributed by atoms with Crippen LogP contribution < -0.4 is 19.9 Å².